The summed E-state index contributed by atoms with van der Waals surface area (Å²) in [5, 5.41) is 18.6. The standard InChI is InChI=1S/C15H11ClO5S/c1-21-11-7-8(6-9(16)14(11)18)2-3-10(17)12-4-5-13(22-12)15(19)20/h2-7,18H,1H3,(H,19,20)/b3-2+. The second kappa shape index (κ2) is 6.64. The maximum atomic E-state index is 12.0. The lowest BCUT2D eigenvalue weighted by atomic mass is 10.1. The number of carboxylic acids is 1. The highest BCUT2D eigenvalue weighted by Crippen LogP contribution is 2.35. The first-order valence-electron chi connectivity index (χ1n) is 6.04. The van der Waals surface area contributed by atoms with Gasteiger partial charge in [0.1, 0.15) is 4.88 Å². The fourth-order valence-corrected chi connectivity index (χ4v) is 2.67. The number of aromatic carboxylic acids is 1. The molecule has 114 valence electrons. The number of carbonyl (C=O) groups excluding carboxylic acids is 1. The number of thiophene rings is 1. The van der Waals surface area contributed by atoms with Crippen molar-refractivity contribution in [3.05, 3.63) is 50.7 Å². The summed E-state index contributed by atoms with van der Waals surface area (Å²) < 4.78 is 4.97. The van der Waals surface area contributed by atoms with Crippen LogP contribution in [0.25, 0.3) is 6.08 Å². The Kier molecular flexibility index (Phi) is 4.85. The largest absolute Gasteiger partial charge is 0.503 e. The highest BCUT2D eigenvalue weighted by atomic mass is 35.5. The van der Waals surface area contributed by atoms with Gasteiger partial charge in [0.25, 0.3) is 0 Å². The third-order valence-electron chi connectivity index (χ3n) is 2.76. The Morgan fingerprint density at radius 3 is 2.55 bits per heavy atom. The van der Waals surface area contributed by atoms with Crippen LogP contribution in [0, 0.1) is 0 Å². The molecule has 1 aromatic carbocycles. The van der Waals surface area contributed by atoms with E-state index in [4.69, 9.17) is 21.4 Å². The molecule has 0 spiro atoms. The van der Waals surface area contributed by atoms with Gasteiger partial charge in [-0.15, -0.1) is 11.3 Å². The molecule has 2 rings (SSSR count). The molecule has 5 nitrogen and oxygen atoms in total. The van der Waals surface area contributed by atoms with Gasteiger partial charge < -0.3 is 14.9 Å². The van der Waals surface area contributed by atoms with Gasteiger partial charge in [-0.25, -0.2) is 4.79 Å². The number of phenols is 1. The van der Waals surface area contributed by atoms with E-state index in [-0.39, 0.29) is 27.2 Å². The minimum absolute atomic E-state index is 0.103. The topological polar surface area (TPSA) is 83.8 Å². The van der Waals surface area contributed by atoms with Crippen LogP contribution in [0.2, 0.25) is 5.02 Å². The number of hydrogen-bond acceptors (Lipinski definition) is 5. The Morgan fingerprint density at radius 2 is 1.95 bits per heavy atom. The number of carboxylic acid groups (broad SMARTS) is 1. The SMILES string of the molecule is COc1cc(/C=C/C(=O)c2ccc(C(=O)O)s2)cc(Cl)c1O. The summed E-state index contributed by atoms with van der Waals surface area (Å²) in [7, 11) is 1.39. The number of halogens is 1. The number of benzene rings is 1. The molecule has 0 amide bonds. The lowest BCUT2D eigenvalue weighted by Gasteiger charge is -2.06. The zero-order chi connectivity index (χ0) is 16.3. The van der Waals surface area contributed by atoms with Gasteiger partial charge in [0.2, 0.25) is 0 Å². The molecular weight excluding hydrogens is 328 g/mol. The monoisotopic (exact) mass is 338 g/mol. The van der Waals surface area contributed by atoms with Gasteiger partial charge in [0.15, 0.2) is 17.3 Å². The molecule has 1 aromatic heterocycles. The van der Waals surface area contributed by atoms with Crippen molar-refractivity contribution in [2.24, 2.45) is 0 Å². The van der Waals surface area contributed by atoms with Crippen LogP contribution in [0.5, 0.6) is 11.5 Å². The number of hydrogen-bond donors (Lipinski definition) is 2. The number of carbonyl (C=O) groups is 2. The minimum atomic E-state index is -1.07. The molecule has 0 aliphatic heterocycles. The van der Waals surface area contributed by atoms with Crippen molar-refractivity contribution in [2.45, 2.75) is 0 Å². The summed E-state index contributed by atoms with van der Waals surface area (Å²) in [6, 6.07) is 5.86. The van der Waals surface area contributed by atoms with Crippen molar-refractivity contribution in [1.82, 2.24) is 0 Å². The van der Waals surface area contributed by atoms with Crippen LogP contribution in [0.3, 0.4) is 0 Å². The summed E-state index contributed by atoms with van der Waals surface area (Å²) in [5.74, 6) is -1.36. The molecular formula is C15H11ClO5S. The predicted molar refractivity (Wildman–Crippen MR) is 84.3 cm³/mol. The van der Waals surface area contributed by atoms with Gasteiger partial charge in [-0.05, 0) is 35.9 Å². The van der Waals surface area contributed by atoms with E-state index >= 15 is 0 Å². The van der Waals surface area contributed by atoms with Gasteiger partial charge in [0, 0.05) is 0 Å². The molecule has 1 heterocycles. The van der Waals surface area contributed by atoms with Gasteiger partial charge in [-0.1, -0.05) is 17.7 Å². The number of phenolic OH excluding ortho intramolecular Hbond substituents is 1. The Hall–Kier alpha value is -2.31. The highest BCUT2D eigenvalue weighted by Gasteiger charge is 2.11. The lowest BCUT2D eigenvalue weighted by Crippen LogP contribution is -1.91. The second-order valence-electron chi connectivity index (χ2n) is 4.22. The van der Waals surface area contributed by atoms with E-state index in [0.717, 1.165) is 11.3 Å². The third kappa shape index (κ3) is 3.47. The van der Waals surface area contributed by atoms with Crippen LogP contribution in [0.15, 0.2) is 30.3 Å². The van der Waals surface area contributed by atoms with Gasteiger partial charge in [-0.2, -0.15) is 0 Å². The number of rotatable bonds is 5. The molecule has 0 aliphatic rings. The molecule has 0 unspecified atom stereocenters. The maximum absolute atomic E-state index is 12.0. The molecule has 2 N–H and O–H groups in total. The van der Waals surface area contributed by atoms with Crippen molar-refractivity contribution in [2.75, 3.05) is 7.11 Å². The van der Waals surface area contributed by atoms with E-state index in [9.17, 15) is 14.7 Å². The van der Waals surface area contributed by atoms with E-state index in [2.05, 4.69) is 0 Å². The molecule has 0 radical (unpaired) electrons. The number of aromatic hydroxyl groups is 1. The van der Waals surface area contributed by atoms with Crippen LogP contribution in [-0.2, 0) is 0 Å². The molecule has 0 bridgehead atoms. The molecule has 7 heteroatoms. The van der Waals surface area contributed by atoms with Crippen LogP contribution in [0.4, 0.5) is 0 Å². The molecule has 22 heavy (non-hydrogen) atoms. The number of ether oxygens (including phenoxy) is 1. The Morgan fingerprint density at radius 1 is 1.27 bits per heavy atom. The Balaban J connectivity index is 2.22. The van der Waals surface area contributed by atoms with Gasteiger partial charge in [-0.3, -0.25) is 4.79 Å². The first-order valence-corrected chi connectivity index (χ1v) is 7.24. The van der Waals surface area contributed by atoms with Crippen molar-refractivity contribution < 1.29 is 24.5 Å². The summed E-state index contributed by atoms with van der Waals surface area (Å²) in [5.41, 5.74) is 0.572. The number of methoxy groups -OCH3 is 1. The van der Waals surface area contributed by atoms with Crippen LogP contribution >= 0.6 is 22.9 Å². The smallest absolute Gasteiger partial charge is 0.345 e. The van der Waals surface area contributed by atoms with E-state index in [0.29, 0.717) is 10.4 Å². The molecule has 0 fully saturated rings. The summed E-state index contributed by atoms with van der Waals surface area (Å²) in [6.45, 7) is 0. The van der Waals surface area contributed by atoms with Crippen molar-refractivity contribution in [1.29, 1.82) is 0 Å². The molecule has 0 saturated carbocycles. The van der Waals surface area contributed by atoms with E-state index in [1.807, 2.05) is 0 Å². The highest BCUT2D eigenvalue weighted by molar-refractivity contribution is 7.16. The second-order valence-corrected chi connectivity index (χ2v) is 5.71. The maximum Gasteiger partial charge on any atom is 0.345 e. The quantitative estimate of drug-likeness (QED) is 0.641. The fraction of sp³-hybridized carbons (Fsp3) is 0.0667. The molecule has 2 aromatic rings. The summed E-state index contributed by atoms with van der Waals surface area (Å²) in [6.07, 6.45) is 2.82. The van der Waals surface area contributed by atoms with Crippen LogP contribution in [-0.4, -0.2) is 29.1 Å². The first kappa shape index (κ1) is 16.1. The van der Waals surface area contributed by atoms with Crippen LogP contribution in [0.1, 0.15) is 24.9 Å². The average molecular weight is 339 g/mol. The van der Waals surface area contributed by atoms with E-state index in [1.54, 1.807) is 0 Å². The lowest BCUT2D eigenvalue weighted by molar-refractivity contribution is 0.0702. The zero-order valence-electron chi connectivity index (χ0n) is 11.4. The van der Waals surface area contributed by atoms with Crippen molar-refractivity contribution in [3.63, 3.8) is 0 Å². The van der Waals surface area contributed by atoms with Crippen LogP contribution < -0.4 is 4.74 Å². The molecule has 0 saturated heterocycles. The molecule has 0 atom stereocenters. The fourth-order valence-electron chi connectivity index (χ4n) is 1.68. The van der Waals surface area contributed by atoms with Gasteiger partial charge >= 0.3 is 5.97 Å². The summed E-state index contributed by atoms with van der Waals surface area (Å²) >= 11 is 6.76. The summed E-state index contributed by atoms with van der Waals surface area (Å²) in [4.78, 5) is 23.2. The average Bonchev–Trinajstić information content (AvgIpc) is 2.98. The number of ketones is 1. The van der Waals surface area contributed by atoms with Crippen molar-refractivity contribution in [3.8, 4) is 11.5 Å². The normalized spacial score (nSPS) is 10.8. The van der Waals surface area contributed by atoms with Crippen molar-refractivity contribution >= 4 is 40.8 Å². The number of allylic oxidation sites excluding steroid dienone is 1. The van der Waals surface area contributed by atoms with E-state index < -0.39 is 5.97 Å². The third-order valence-corrected chi connectivity index (χ3v) is 4.13. The zero-order valence-corrected chi connectivity index (χ0v) is 12.9. The Bertz CT molecular complexity index is 763. The van der Waals surface area contributed by atoms with E-state index in [1.165, 1.54) is 43.5 Å². The minimum Gasteiger partial charge on any atom is -0.503 e. The Labute approximate surface area is 135 Å². The molecule has 0 aliphatic carbocycles. The van der Waals surface area contributed by atoms with Gasteiger partial charge in [0.05, 0.1) is 17.0 Å². The first-order chi connectivity index (χ1) is 10.4. The predicted octanol–water partition coefficient (Wildman–Crippen LogP) is 3.71.